The van der Waals surface area contributed by atoms with E-state index in [1.807, 2.05) is 97.1 Å². The van der Waals surface area contributed by atoms with Gasteiger partial charge in [-0.1, -0.05) is 96.5 Å². The minimum Gasteiger partial charge on any atom is -0.276 e. The van der Waals surface area contributed by atoms with E-state index in [2.05, 4.69) is 24.3 Å². The Morgan fingerprint density at radius 1 is 0.625 bits per heavy atom. The first-order valence-corrected chi connectivity index (χ1v) is 10.8. The lowest BCUT2D eigenvalue weighted by atomic mass is 10.0. The Kier molecular flexibility index (Phi) is 5.45. The number of hydrogen-bond acceptors (Lipinski definition) is 1. The molecule has 0 spiro atoms. The highest BCUT2D eigenvalue weighted by molar-refractivity contribution is 6.30. The molecule has 1 heterocycles. The third kappa shape index (κ3) is 4.01. The van der Waals surface area contributed by atoms with Gasteiger partial charge < -0.3 is 0 Å². The molecule has 4 aromatic rings. The van der Waals surface area contributed by atoms with Crippen molar-refractivity contribution < 1.29 is 4.79 Å². The van der Waals surface area contributed by atoms with Crippen molar-refractivity contribution in [1.29, 1.82) is 0 Å². The Bertz CT molecular complexity index is 1310. The lowest BCUT2D eigenvalue weighted by Gasteiger charge is -2.21. The van der Waals surface area contributed by atoms with Crippen LogP contribution in [0.1, 0.15) is 11.1 Å². The molecule has 154 valence electrons. The van der Waals surface area contributed by atoms with E-state index in [4.69, 9.17) is 11.6 Å². The minimum atomic E-state index is -0.0498. The summed E-state index contributed by atoms with van der Waals surface area (Å²) >= 11 is 6.01. The molecule has 0 saturated heterocycles. The SMILES string of the molecule is O=C1C(=Cc2ccc(Cl)cc2)C=C(c2ccccc2)N1c1ccc(-c2ccccc2)cc1. The fourth-order valence-electron chi connectivity index (χ4n) is 3.87. The van der Waals surface area contributed by atoms with E-state index >= 15 is 0 Å². The molecule has 0 saturated carbocycles. The van der Waals surface area contributed by atoms with Gasteiger partial charge in [0.1, 0.15) is 0 Å². The first-order chi connectivity index (χ1) is 15.7. The quantitative estimate of drug-likeness (QED) is 0.305. The fourth-order valence-corrected chi connectivity index (χ4v) is 3.99. The van der Waals surface area contributed by atoms with Crippen molar-refractivity contribution in [3.8, 4) is 11.1 Å². The predicted octanol–water partition coefficient (Wildman–Crippen LogP) is 7.48. The fraction of sp³-hybridized carbons (Fsp3) is 0. The molecule has 0 bridgehead atoms. The van der Waals surface area contributed by atoms with Crippen molar-refractivity contribution in [2.45, 2.75) is 0 Å². The number of benzene rings is 4. The summed E-state index contributed by atoms with van der Waals surface area (Å²) < 4.78 is 0. The lowest BCUT2D eigenvalue weighted by molar-refractivity contribution is -0.113. The van der Waals surface area contributed by atoms with Gasteiger partial charge in [0.15, 0.2) is 0 Å². The van der Waals surface area contributed by atoms with Gasteiger partial charge in [0.05, 0.1) is 5.70 Å². The number of halogens is 1. The van der Waals surface area contributed by atoms with Crippen molar-refractivity contribution in [2.75, 3.05) is 4.90 Å². The molecule has 0 N–H and O–H groups in total. The molecule has 0 fully saturated rings. The molecular weight excluding hydrogens is 414 g/mol. The van der Waals surface area contributed by atoms with E-state index in [0.717, 1.165) is 33.6 Å². The van der Waals surface area contributed by atoms with Gasteiger partial charge in [-0.05, 0) is 58.7 Å². The van der Waals surface area contributed by atoms with Gasteiger partial charge in [0.25, 0.3) is 5.91 Å². The number of nitrogens with zero attached hydrogens (tertiary/aromatic N) is 1. The second-order valence-electron chi connectivity index (χ2n) is 7.60. The Labute approximate surface area is 192 Å². The summed E-state index contributed by atoms with van der Waals surface area (Å²) in [4.78, 5) is 15.3. The first kappa shape index (κ1) is 20.0. The van der Waals surface area contributed by atoms with E-state index < -0.39 is 0 Å². The zero-order valence-corrected chi connectivity index (χ0v) is 18.0. The summed E-state index contributed by atoms with van der Waals surface area (Å²) in [6, 6.07) is 35.8. The summed E-state index contributed by atoms with van der Waals surface area (Å²) in [6.07, 6.45) is 3.86. The number of rotatable bonds is 4. The van der Waals surface area contributed by atoms with E-state index in [1.165, 1.54) is 0 Å². The molecule has 4 aromatic carbocycles. The van der Waals surface area contributed by atoms with Crippen LogP contribution in [0.15, 0.2) is 121 Å². The van der Waals surface area contributed by atoms with Gasteiger partial charge in [-0.25, -0.2) is 0 Å². The van der Waals surface area contributed by atoms with Crippen LogP contribution in [-0.4, -0.2) is 5.91 Å². The molecule has 0 aromatic heterocycles. The average molecular weight is 434 g/mol. The Hall–Kier alpha value is -3.88. The Morgan fingerprint density at radius 2 is 1.19 bits per heavy atom. The third-order valence-corrected chi connectivity index (χ3v) is 5.73. The van der Waals surface area contributed by atoms with Crippen LogP contribution in [0.5, 0.6) is 0 Å². The maximum absolute atomic E-state index is 13.5. The van der Waals surface area contributed by atoms with Crippen LogP contribution in [0.4, 0.5) is 5.69 Å². The van der Waals surface area contributed by atoms with Crippen LogP contribution in [0, 0.1) is 0 Å². The van der Waals surface area contributed by atoms with Crippen molar-refractivity contribution in [3.05, 3.63) is 137 Å². The highest BCUT2D eigenvalue weighted by Gasteiger charge is 2.30. The largest absolute Gasteiger partial charge is 0.276 e. The van der Waals surface area contributed by atoms with Crippen LogP contribution < -0.4 is 4.90 Å². The van der Waals surface area contributed by atoms with Crippen LogP contribution in [-0.2, 0) is 4.79 Å². The van der Waals surface area contributed by atoms with Crippen LogP contribution in [0.3, 0.4) is 0 Å². The number of carbonyl (C=O) groups is 1. The summed E-state index contributed by atoms with van der Waals surface area (Å²) in [7, 11) is 0. The van der Waals surface area contributed by atoms with Gasteiger partial charge in [-0.2, -0.15) is 0 Å². The van der Waals surface area contributed by atoms with E-state index in [9.17, 15) is 4.79 Å². The van der Waals surface area contributed by atoms with Gasteiger partial charge >= 0.3 is 0 Å². The van der Waals surface area contributed by atoms with Crippen molar-refractivity contribution in [3.63, 3.8) is 0 Å². The highest BCUT2D eigenvalue weighted by Crippen LogP contribution is 2.36. The number of carbonyl (C=O) groups excluding carboxylic acids is 1. The van der Waals surface area contributed by atoms with Crippen molar-refractivity contribution >= 4 is 35.0 Å². The molecule has 0 atom stereocenters. The second kappa shape index (κ2) is 8.70. The average Bonchev–Trinajstić information content (AvgIpc) is 3.17. The molecule has 0 aliphatic carbocycles. The maximum atomic E-state index is 13.5. The molecule has 1 amide bonds. The van der Waals surface area contributed by atoms with Crippen molar-refractivity contribution in [2.24, 2.45) is 0 Å². The Balaban J connectivity index is 1.55. The zero-order chi connectivity index (χ0) is 21.9. The van der Waals surface area contributed by atoms with Gasteiger partial charge in [-0.15, -0.1) is 0 Å². The molecule has 32 heavy (non-hydrogen) atoms. The van der Waals surface area contributed by atoms with Crippen LogP contribution >= 0.6 is 11.6 Å². The molecular formula is C29H20ClNO. The third-order valence-electron chi connectivity index (χ3n) is 5.48. The maximum Gasteiger partial charge on any atom is 0.262 e. The molecule has 1 aliphatic rings. The summed E-state index contributed by atoms with van der Waals surface area (Å²) in [5.74, 6) is -0.0498. The smallest absolute Gasteiger partial charge is 0.262 e. The molecule has 5 rings (SSSR count). The number of anilines is 1. The number of hydrogen-bond donors (Lipinski definition) is 0. The topological polar surface area (TPSA) is 20.3 Å². The summed E-state index contributed by atoms with van der Waals surface area (Å²) in [5, 5.41) is 0.672. The summed E-state index contributed by atoms with van der Waals surface area (Å²) in [5.41, 5.74) is 6.53. The second-order valence-corrected chi connectivity index (χ2v) is 8.04. The van der Waals surface area contributed by atoms with Gasteiger partial charge in [-0.3, -0.25) is 9.69 Å². The molecule has 1 aliphatic heterocycles. The van der Waals surface area contributed by atoms with E-state index in [1.54, 1.807) is 4.90 Å². The van der Waals surface area contributed by atoms with E-state index in [-0.39, 0.29) is 5.91 Å². The van der Waals surface area contributed by atoms with Gasteiger partial charge in [0, 0.05) is 16.3 Å². The summed E-state index contributed by atoms with van der Waals surface area (Å²) in [6.45, 7) is 0. The van der Waals surface area contributed by atoms with Crippen LogP contribution in [0.25, 0.3) is 22.9 Å². The molecule has 0 unspecified atom stereocenters. The lowest BCUT2D eigenvalue weighted by Crippen LogP contribution is -2.24. The highest BCUT2D eigenvalue weighted by atomic mass is 35.5. The predicted molar refractivity (Wildman–Crippen MR) is 133 cm³/mol. The van der Waals surface area contributed by atoms with Crippen molar-refractivity contribution in [1.82, 2.24) is 0 Å². The minimum absolute atomic E-state index is 0.0498. The standard InChI is InChI=1S/C29H20ClNO/c30-26-15-11-21(12-16-26)19-25-20-28(24-9-5-2-6-10-24)31(29(25)32)27-17-13-23(14-18-27)22-7-3-1-4-8-22/h1-20H. The first-order valence-electron chi connectivity index (χ1n) is 10.4. The molecule has 2 nitrogen and oxygen atoms in total. The zero-order valence-electron chi connectivity index (χ0n) is 17.3. The van der Waals surface area contributed by atoms with Crippen LogP contribution in [0.2, 0.25) is 5.02 Å². The van der Waals surface area contributed by atoms with E-state index in [0.29, 0.717) is 10.6 Å². The Morgan fingerprint density at radius 3 is 1.81 bits per heavy atom. The molecule has 0 radical (unpaired) electrons. The van der Waals surface area contributed by atoms with Gasteiger partial charge in [0.2, 0.25) is 0 Å². The number of amides is 1. The monoisotopic (exact) mass is 433 g/mol. The molecule has 3 heteroatoms. The normalized spacial score (nSPS) is 14.7.